The molecule has 7 heteroatoms. The largest absolute Gasteiger partial charge is 0.467 e. The maximum atomic E-state index is 14.2. The highest BCUT2D eigenvalue weighted by molar-refractivity contribution is 7.76. The first kappa shape index (κ1) is 19.1. The third-order valence-corrected chi connectivity index (χ3v) is 7.18. The zero-order chi connectivity index (χ0) is 19.3. The Morgan fingerprint density at radius 1 is 1.00 bits per heavy atom. The quantitative estimate of drug-likeness (QED) is 0.362. The second kappa shape index (κ2) is 8.33. The highest BCUT2D eigenvalue weighted by Gasteiger charge is 2.40. The Bertz CT molecular complexity index is 870. The maximum Gasteiger partial charge on any atom is 0.235 e. The number of hydrogen-bond acceptors (Lipinski definition) is 4. The van der Waals surface area contributed by atoms with Crippen LogP contribution in [0, 0.1) is 10.1 Å². The van der Waals surface area contributed by atoms with Gasteiger partial charge in [0.05, 0.1) is 6.26 Å². The van der Waals surface area contributed by atoms with E-state index in [2.05, 4.69) is 5.09 Å². The van der Waals surface area contributed by atoms with Gasteiger partial charge in [-0.2, -0.15) is 0 Å². The molecule has 0 aliphatic carbocycles. The topological polar surface area (TPSA) is 85.4 Å². The highest BCUT2D eigenvalue weighted by atomic mass is 31.2. The minimum atomic E-state index is -3.34. The van der Waals surface area contributed by atoms with Crippen LogP contribution in [-0.2, 0) is 4.57 Å². The zero-order valence-corrected chi connectivity index (χ0v) is 15.8. The van der Waals surface area contributed by atoms with E-state index in [9.17, 15) is 14.7 Å². The Morgan fingerprint density at radius 3 is 1.96 bits per heavy atom. The SMILES string of the molecule is CC[C@@H]([C@H](NP(=O)(c1ccccc1)c1ccccc1)c1ccco1)[N+](=O)[O-]. The summed E-state index contributed by atoms with van der Waals surface area (Å²) in [4.78, 5) is 11.3. The maximum absolute atomic E-state index is 14.2. The van der Waals surface area contributed by atoms with Gasteiger partial charge >= 0.3 is 0 Å². The molecule has 0 fully saturated rings. The van der Waals surface area contributed by atoms with Gasteiger partial charge in [0.25, 0.3) is 0 Å². The summed E-state index contributed by atoms with van der Waals surface area (Å²) < 4.78 is 19.6. The second-order valence-electron chi connectivity index (χ2n) is 6.16. The predicted octanol–water partition coefficient (Wildman–Crippen LogP) is 3.89. The smallest absolute Gasteiger partial charge is 0.235 e. The molecule has 6 nitrogen and oxygen atoms in total. The van der Waals surface area contributed by atoms with Crippen LogP contribution in [0.2, 0.25) is 0 Å². The van der Waals surface area contributed by atoms with Crippen molar-refractivity contribution < 1.29 is 13.9 Å². The molecule has 27 heavy (non-hydrogen) atoms. The van der Waals surface area contributed by atoms with Gasteiger partial charge in [0, 0.05) is 22.0 Å². The van der Waals surface area contributed by atoms with Crippen molar-refractivity contribution in [3.05, 3.63) is 94.9 Å². The summed E-state index contributed by atoms with van der Waals surface area (Å²) >= 11 is 0. The van der Waals surface area contributed by atoms with Gasteiger partial charge in [0.15, 0.2) is 0 Å². The normalized spacial score (nSPS) is 13.8. The minimum Gasteiger partial charge on any atom is -0.467 e. The van der Waals surface area contributed by atoms with Crippen LogP contribution in [0.1, 0.15) is 25.1 Å². The van der Waals surface area contributed by atoms with Crippen molar-refractivity contribution in [1.82, 2.24) is 5.09 Å². The van der Waals surface area contributed by atoms with E-state index in [1.807, 2.05) is 12.1 Å². The van der Waals surface area contributed by atoms with E-state index < -0.39 is 19.4 Å². The van der Waals surface area contributed by atoms with Crippen LogP contribution in [0.5, 0.6) is 0 Å². The van der Waals surface area contributed by atoms with Crippen LogP contribution >= 0.6 is 7.29 Å². The molecular weight excluding hydrogens is 363 g/mol. The molecule has 2 aromatic carbocycles. The summed E-state index contributed by atoms with van der Waals surface area (Å²) in [5, 5.41) is 16.0. The molecule has 0 aliphatic rings. The fourth-order valence-electron chi connectivity index (χ4n) is 3.08. The zero-order valence-electron chi connectivity index (χ0n) is 14.9. The average Bonchev–Trinajstić information content (AvgIpc) is 3.23. The summed E-state index contributed by atoms with van der Waals surface area (Å²) in [5.41, 5.74) is 0. The van der Waals surface area contributed by atoms with E-state index in [-0.39, 0.29) is 11.3 Å². The van der Waals surface area contributed by atoms with Gasteiger partial charge in [-0.3, -0.25) is 14.7 Å². The van der Waals surface area contributed by atoms with E-state index in [1.165, 1.54) is 6.26 Å². The molecule has 1 aromatic heterocycles. The van der Waals surface area contributed by atoms with Gasteiger partial charge in [-0.1, -0.05) is 43.3 Å². The molecule has 1 heterocycles. The molecule has 0 bridgehead atoms. The minimum absolute atomic E-state index is 0.273. The molecule has 3 rings (SSSR count). The lowest BCUT2D eigenvalue weighted by Crippen LogP contribution is -2.39. The van der Waals surface area contributed by atoms with Crippen LogP contribution in [-0.4, -0.2) is 11.0 Å². The predicted molar refractivity (Wildman–Crippen MR) is 105 cm³/mol. The third kappa shape index (κ3) is 4.02. The molecule has 1 N–H and O–H groups in total. The number of nitrogens with zero attached hydrogens (tertiary/aromatic N) is 1. The van der Waals surface area contributed by atoms with Crippen molar-refractivity contribution in [2.24, 2.45) is 0 Å². The Hall–Kier alpha value is -2.69. The Kier molecular flexibility index (Phi) is 5.89. The molecule has 0 saturated carbocycles. The molecule has 0 amide bonds. The van der Waals surface area contributed by atoms with E-state index in [4.69, 9.17) is 4.42 Å². The second-order valence-corrected chi connectivity index (χ2v) is 8.67. The lowest BCUT2D eigenvalue weighted by Gasteiger charge is -2.27. The van der Waals surface area contributed by atoms with Crippen molar-refractivity contribution in [3.8, 4) is 0 Å². The average molecular weight is 384 g/mol. The molecule has 0 saturated heterocycles. The van der Waals surface area contributed by atoms with Crippen LogP contribution in [0.15, 0.2) is 83.5 Å². The summed E-state index contributed by atoms with van der Waals surface area (Å²) in [5.74, 6) is 0.394. The molecule has 3 aromatic rings. The summed E-state index contributed by atoms with van der Waals surface area (Å²) in [7, 11) is -3.34. The number of nitrogens with one attached hydrogen (secondary N) is 1. The first-order chi connectivity index (χ1) is 13.1. The van der Waals surface area contributed by atoms with Crippen LogP contribution in [0.25, 0.3) is 0 Å². The van der Waals surface area contributed by atoms with Crippen LogP contribution in [0.3, 0.4) is 0 Å². The Morgan fingerprint density at radius 2 is 1.56 bits per heavy atom. The number of hydrogen-bond donors (Lipinski definition) is 1. The van der Waals surface area contributed by atoms with Gasteiger partial charge in [-0.15, -0.1) is 0 Å². The molecule has 0 aliphatic heterocycles. The fourth-order valence-corrected chi connectivity index (χ4v) is 5.56. The molecule has 0 radical (unpaired) electrons. The van der Waals surface area contributed by atoms with Crippen molar-refractivity contribution in [2.45, 2.75) is 25.4 Å². The van der Waals surface area contributed by atoms with Gasteiger partial charge < -0.3 is 4.42 Å². The van der Waals surface area contributed by atoms with Crippen LogP contribution in [0.4, 0.5) is 0 Å². The van der Waals surface area contributed by atoms with E-state index in [0.717, 1.165) is 0 Å². The highest BCUT2D eigenvalue weighted by Crippen LogP contribution is 2.43. The summed E-state index contributed by atoms with van der Waals surface area (Å²) in [6.07, 6.45) is 1.74. The Labute approximate surface area is 157 Å². The Balaban J connectivity index is 2.11. The van der Waals surface area contributed by atoms with Gasteiger partial charge in [0.1, 0.15) is 11.8 Å². The van der Waals surface area contributed by atoms with Crippen molar-refractivity contribution in [3.63, 3.8) is 0 Å². The number of rotatable bonds is 8. The van der Waals surface area contributed by atoms with Crippen molar-refractivity contribution >= 4 is 17.9 Å². The summed E-state index contributed by atoms with van der Waals surface area (Å²) in [6.45, 7) is 1.74. The van der Waals surface area contributed by atoms with Gasteiger partial charge in [-0.25, -0.2) is 5.09 Å². The molecular formula is C20H21N2O4P. The first-order valence-electron chi connectivity index (χ1n) is 8.72. The fraction of sp³-hybridized carbons (Fsp3) is 0.200. The van der Waals surface area contributed by atoms with E-state index >= 15 is 0 Å². The van der Waals surface area contributed by atoms with E-state index in [0.29, 0.717) is 16.4 Å². The molecule has 2 atom stereocenters. The summed E-state index contributed by atoms with van der Waals surface area (Å²) in [6, 6.07) is 19.5. The molecule has 0 unspecified atom stereocenters. The van der Waals surface area contributed by atoms with Crippen LogP contribution < -0.4 is 15.7 Å². The van der Waals surface area contributed by atoms with Gasteiger partial charge in [-0.05, 0) is 36.4 Å². The van der Waals surface area contributed by atoms with Crippen molar-refractivity contribution in [1.29, 1.82) is 0 Å². The number of benzene rings is 2. The molecule has 0 spiro atoms. The standard InChI is InChI=1S/C20H21N2O4P/c1-2-18(22(23)24)20(19-14-9-15-26-19)21-27(25,16-10-5-3-6-11-16)17-12-7-4-8-13-17/h3-15,18,20H,2H2,1H3,(H,21,25)/t18-,20-/m0/s1. The first-order valence-corrected chi connectivity index (χ1v) is 10.4. The monoisotopic (exact) mass is 384 g/mol. The lowest BCUT2D eigenvalue weighted by atomic mass is 10.1. The lowest BCUT2D eigenvalue weighted by molar-refractivity contribution is -0.528. The molecule has 140 valence electrons. The van der Waals surface area contributed by atoms with E-state index in [1.54, 1.807) is 67.6 Å². The number of furan rings is 1. The van der Waals surface area contributed by atoms with Gasteiger partial charge in [0.2, 0.25) is 13.3 Å². The third-order valence-electron chi connectivity index (χ3n) is 4.48. The number of nitro groups is 1. The van der Waals surface area contributed by atoms with Crippen molar-refractivity contribution in [2.75, 3.05) is 0 Å².